The van der Waals surface area contributed by atoms with E-state index in [0.717, 1.165) is 18.4 Å². The van der Waals surface area contributed by atoms with Gasteiger partial charge in [0.1, 0.15) is 6.61 Å². The molecule has 1 aromatic heterocycles. The number of H-pyrrole nitrogens is 1. The van der Waals surface area contributed by atoms with Crippen molar-refractivity contribution < 1.29 is 39.6 Å². The Morgan fingerprint density at radius 1 is 1.07 bits per heavy atom. The van der Waals surface area contributed by atoms with Crippen LogP contribution in [0.1, 0.15) is 30.9 Å². The third-order valence-electron chi connectivity index (χ3n) is 7.40. The van der Waals surface area contributed by atoms with Gasteiger partial charge in [-0.2, -0.15) is 4.31 Å². The molecule has 0 aliphatic carbocycles. The van der Waals surface area contributed by atoms with Crippen molar-refractivity contribution >= 4 is 37.1 Å². The van der Waals surface area contributed by atoms with Crippen LogP contribution < -0.4 is 5.76 Å². The van der Waals surface area contributed by atoms with Gasteiger partial charge in [-0.15, -0.1) is 0 Å². The molecular formula is C25H27F2N3O8S2. The number of sulfone groups is 1. The van der Waals surface area contributed by atoms with E-state index in [4.69, 9.17) is 9.15 Å². The van der Waals surface area contributed by atoms with Crippen molar-refractivity contribution in [2.75, 3.05) is 32.4 Å². The summed E-state index contributed by atoms with van der Waals surface area (Å²) in [6.45, 7) is 1.45. The maximum atomic E-state index is 13.9. The zero-order valence-electron chi connectivity index (χ0n) is 21.6. The van der Waals surface area contributed by atoms with Gasteiger partial charge in [0, 0.05) is 56.4 Å². The summed E-state index contributed by atoms with van der Waals surface area (Å²) in [5.41, 5.74) is -0.118. The second-order valence-corrected chi connectivity index (χ2v) is 14.5. The van der Waals surface area contributed by atoms with Crippen LogP contribution in [0.3, 0.4) is 0 Å². The van der Waals surface area contributed by atoms with E-state index in [1.54, 1.807) is 0 Å². The molecule has 3 aromatic rings. The molecule has 0 saturated carbocycles. The number of halogens is 2. The Bertz CT molecular complexity index is 1740. The lowest BCUT2D eigenvalue weighted by molar-refractivity contribution is -0.00201. The van der Waals surface area contributed by atoms with Crippen molar-refractivity contribution in [3.05, 3.63) is 58.1 Å². The summed E-state index contributed by atoms with van der Waals surface area (Å²) in [6, 6.07) is 7.40. The summed E-state index contributed by atoms with van der Waals surface area (Å²) in [5, 5.41) is 0. The predicted octanol–water partition coefficient (Wildman–Crippen LogP) is 3.06. The van der Waals surface area contributed by atoms with Crippen LogP contribution in [0.25, 0.3) is 11.1 Å². The quantitative estimate of drug-likeness (QED) is 0.455. The normalized spacial score (nSPS) is 18.1. The van der Waals surface area contributed by atoms with Crippen LogP contribution >= 0.6 is 0 Å². The number of aromatic nitrogens is 1. The molecule has 2 fully saturated rings. The first-order valence-electron chi connectivity index (χ1n) is 12.3. The van der Waals surface area contributed by atoms with E-state index in [9.17, 15) is 35.2 Å². The molecule has 5 rings (SSSR count). The molecule has 216 valence electrons. The molecule has 11 nitrogen and oxygen atoms in total. The standard InChI is InChI=1S/C25H27F2N3O8S2/c1-24(26,27)17-9-16(10-19(11-17)39(2,33)34)13-37-23(32)29-7-5-25(6-8-29)14-30(15-25)40(35,36)18-3-4-20-21(12-18)38-22(31)28-20/h3-4,9-12H,5-8,13-15H2,1-2H3,(H,28,31). The van der Waals surface area contributed by atoms with Gasteiger partial charge in [-0.05, 0) is 48.7 Å². The van der Waals surface area contributed by atoms with Crippen molar-refractivity contribution in [1.82, 2.24) is 14.2 Å². The average molecular weight is 600 g/mol. The molecule has 1 spiro atoms. The molecule has 0 atom stereocenters. The minimum atomic E-state index is -3.80. The topological polar surface area (TPSA) is 147 Å². The van der Waals surface area contributed by atoms with Gasteiger partial charge in [-0.3, -0.25) is 4.98 Å². The van der Waals surface area contributed by atoms with E-state index < -0.39 is 43.2 Å². The highest BCUT2D eigenvalue weighted by atomic mass is 32.2. The van der Waals surface area contributed by atoms with Crippen molar-refractivity contribution in [3.63, 3.8) is 0 Å². The van der Waals surface area contributed by atoms with Gasteiger partial charge in [0.2, 0.25) is 10.0 Å². The monoisotopic (exact) mass is 599 g/mol. The van der Waals surface area contributed by atoms with Gasteiger partial charge >= 0.3 is 11.8 Å². The first-order valence-corrected chi connectivity index (χ1v) is 15.7. The van der Waals surface area contributed by atoms with E-state index >= 15 is 0 Å². The number of piperidine rings is 1. The lowest BCUT2D eigenvalue weighted by atomic mass is 9.73. The van der Waals surface area contributed by atoms with Crippen LogP contribution in [0.5, 0.6) is 0 Å². The summed E-state index contributed by atoms with van der Waals surface area (Å²) in [5.74, 6) is -3.96. The third-order valence-corrected chi connectivity index (χ3v) is 10.3. The number of fused-ring (bicyclic) bond motifs is 1. The molecule has 2 aliphatic rings. The highest BCUT2D eigenvalue weighted by molar-refractivity contribution is 7.90. The molecule has 0 radical (unpaired) electrons. The summed E-state index contributed by atoms with van der Waals surface area (Å²) in [7, 11) is -7.57. The van der Waals surface area contributed by atoms with Gasteiger partial charge in [0.25, 0.3) is 5.92 Å². The molecule has 3 heterocycles. The van der Waals surface area contributed by atoms with Gasteiger partial charge < -0.3 is 14.1 Å². The fraction of sp³-hybridized carbons (Fsp3) is 0.440. The van der Waals surface area contributed by atoms with Crippen molar-refractivity contribution in [2.45, 2.75) is 42.1 Å². The molecule has 2 aromatic carbocycles. The van der Waals surface area contributed by atoms with Gasteiger partial charge in [-0.1, -0.05) is 0 Å². The second kappa shape index (κ2) is 9.66. The van der Waals surface area contributed by atoms with Crippen LogP contribution in [0.15, 0.2) is 55.4 Å². The number of hydrogen-bond donors (Lipinski definition) is 1. The summed E-state index contributed by atoms with van der Waals surface area (Å²) < 4.78 is 89.5. The first kappa shape index (κ1) is 28.2. The van der Waals surface area contributed by atoms with Gasteiger partial charge in [-0.25, -0.2) is 35.2 Å². The fourth-order valence-electron chi connectivity index (χ4n) is 5.03. The Labute approximate surface area is 228 Å². The Morgan fingerprint density at radius 3 is 2.38 bits per heavy atom. The fourth-order valence-corrected chi connectivity index (χ4v) is 7.42. The molecule has 2 aliphatic heterocycles. The van der Waals surface area contributed by atoms with E-state index in [2.05, 4.69) is 4.98 Å². The third kappa shape index (κ3) is 5.49. The number of likely N-dealkylation sites (tertiary alicyclic amines) is 1. The molecule has 15 heteroatoms. The number of oxazole rings is 1. The Hall–Kier alpha value is -3.30. The van der Waals surface area contributed by atoms with E-state index in [0.29, 0.717) is 38.4 Å². The minimum absolute atomic E-state index is 0.0162. The van der Waals surface area contributed by atoms with E-state index in [-0.39, 0.29) is 46.0 Å². The zero-order chi connectivity index (χ0) is 29.1. The number of nitrogens with zero attached hydrogens (tertiary/aromatic N) is 2. The number of aromatic amines is 1. The van der Waals surface area contributed by atoms with Crippen LogP contribution in [-0.4, -0.2) is 69.6 Å². The largest absolute Gasteiger partial charge is 0.445 e. The number of sulfonamides is 1. The van der Waals surface area contributed by atoms with E-state index in [1.165, 1.54) is 33.5 Å². The van der Waals surface area contributed by atoms with Gasteiger partial charge in [0.05, 0.1) is 15.3 Å². The Balaban J connectivity index is 1.18. The Morgan fingerprint density at radius 2 is 1.75 bits per heavy atom. The van der Waals surface area contributed by atoms with Crippen LogP contribution in [0, 0.1) is 5.41 Å². The summed E-state index contributed by atoms with van der Waals surface area (Å²) >= 11 is 0. The van der Waals surface area contributed by atoms with Crippen molar-refractivity contribution in [2.24, 2.45) is 5.41 Å². The molecule has 0 bridgehead atoms. The highest BCUT2D eigenvalue weighted by Gasteiger charge is 2.50. The SMILES string of the molecule is CC(F)(F)c1cc(COC(=O)N2CCC3(CC2)CN(S(=O)(=O)c2ccc4[nH]c(=O)oc4c2)C3)cc(S(C)(=O)=O)c1. The number of carbonyl (C=O) groups excluding carboxylic acids is 1. The number of nitrogens with one attached hydrogen (secondary N) is 1. The van der Waals surface area contributed by atoms with Crippen molar-refractivity contribution in [3.8, 4) is 0 Å². The van der Waals surface area contributed by atoms with Crippen LogP contribution in [0.2, 0.25) is 0 Å². The molecular weight excluding hydrogens is 572 g/mol. The minimum Gasteiger partial charge on any atom is -0.445 e. The second-order valence-electron chi connectivity index (χ2n) is 10.5. The molecule has 0 unspecified atom stereocenters. The van der Waals surface area contributed by atoms with Crippen LogP contribution in [0.4, 0.5) is 13.6 Å². The number of carbonyl (C=O) groups is 1. The van der Waals surface area contributed by atoms with Gasteiger partial charge in [0.15, 0.2) is 15.4 Å². The number of benzene rings is 2. The number of rotatable bonds is 6. The summed E-state index contributed by atoms with van der Waals surface area (Å²) in [6.07, 6.45) is 1.31. The predicted molar refractivity (Wildman–Crippen MR) is 138 cm³/mol. The zero-order valence-corrected chi connectivity index (χ0v) is 23.3. The molecule has 2 saturated heterocycles. The summed E-state index contributed by atoms with van der Waals surface area (Å²) in [4.78, 5) is 27.7. The number of ether oxygens (including phenoxy) is 1. The maximum absolute atomic E-state index is 13.9. The Kier molecular flexibility index (Phi) is 6.82. The maximum Gasteiger partial charge on any atom is 0.417 e. The van der Waals surface area contributed by atoms with Crippen LogP contribution in [-0.2, 0) is 37.1 Å². The smallest absolute Gasteiger partial charge is 0.417 e. The lowest BCUT2D eigenvalue weighted by Crippen LogP contribution is -2.62. The highest BCUT2D eigenvalue weighted by Crippen LogP contribution is 2.43. The number of amides is 1. The average Bonchev–Trinajstić information content (AvgIpc) is 3.24. The molecule has 1 amide bonds. The molecule has 1 N–H and O–H groups in total. The molecule has 40 heavy (non-hydrogen) atoms. The van der Waals surface area contributed by atoms with E-state index in [1.807, 2.05) is 0 Å². The number of hydrogen-bond acceptors (Lipinski definition) is 8. The number of alkyl halides is 2. The first-order chi connectivity index (χ1) is 18.6. The van der Waals surface area contributed by atoms with Crippen molar-refractivity contribution in [1.29, 1.82) is 0 Å². The lowest BCUT2D eigenvalue weighted by Gasteiger charge is -2.52.